The zero-order valence-electron chi connectivity index (χ0n) is 39.2. The SMILES string of the molecule is C.C.C=CC1(O)CC2CC1(C)C1C(C)CCC21.C=CC1(O)CC2CC1(C)C1CC(C)CC21.CC1CC2C3CC(=O)C(C)(C3)C2C1.CC1CCC2C3CC(=O)C(C)(C3)C12.[CH-]=C.[Cl-].[Mg+2]. The normalized spacial score (nSPS) is 54.7. The zero-order valence-corrected chi connectivity index (χ0v) is 41.4. The number of carbonyl (C=O) groups is 2. The Hall–Kier alpha value is -0.464. The van der Waals surface area contributed by atoms with Gasteiger partial charge in [0.05, 0.1) is 11.2 Å². The van der Waals surface area contributed by atoms with Gasteiger partial charge in [-0.05, 0) is 172 Å². The second-order valence-corrected chi connectivity index (χ2v) is 24.6. The van der Waals surface area contributed by atoms with E-state index >= 15 is 0 Å². The number of carbonyl (C=O) groups excluding carboxylic acids is 2. The fourth-order valence-corrected chi connectivity index (χ4v) is 19.6. The summed E-state index contributed by atoms with van der Waals surface area (Å²) in [6.45, 7) is 33.3. The third-order valence-electron chi connectivity index (χ3n) is 22.0. The van der Waals surface area contributed by atoms with Crippen molar-refractivity contribution in [3.8, 4) is 0 Å². The van der Waals surface area contributed by atoms with E-state index < -0.39 is 11.2 Å². The molecule has 12 aliphatic rings. The van der Waals surface area contributed by atoms with Crippen LogP contribution in [0.4, 0.5) is 0 Å². The first-order chi connectivity index (χ1) is 27.3. The van der Waals surface area contributed by atoms with Gasteiger partial charge in [0.2, 0.25) is 0 Å². The van der Waals surface area contributed by atoms with E-state index in [9.17, 15) is 19.8 Å². The summed E-state index contributed by atoms with van der Waals surface area (Å²) in [4.78, 5) is 23.7. The standard InChI is InChI=1S/2C14H22O.2C12H18O.C2H3.2CH4.ClH.Mg/c1-4-14(15)8-10-7-13(14,3)12-6-9(2)5-11(10)12;1-4-14(15)8-10-7-13(14,3)12-9(2)5-6-11(10)12;1-7-3-9-8-5-11(13)12(2,6-8)10(9)4-7;1-7-3-4-9-8-5-10(13)12(2,6-8)11(7)9;1-2;;;;/h2*4,9-12,15H,1,5-8H2,2-3H3;7-10H,3-6H2,1-2H3;7-9,11H,3-6H2,1-2H3;1H,2H2;2*1H4;1H;/q;;;;-1;;;;+2/p-1. The summed E-state index contributed by atoms with van der Waals surface area (Å²) in [5, 5.41) is 21.4. The van der Waals surface area contributed by atoms with Gasteiger partial charge in [-0.25, -0.2) is 0 Å². The molecule has 0 aromatic heterocycles. The van der Waals surface area contributed by atoms with Gasteiger partial charge in [-0.2, -0.15) is 0 Å². The quantitative estimate of drug-likeness (QED) is 0.165. The molecule has 2 N–H and O–H groups in total. The predicted molar refractivity (Wildman–Crippen MR) is 254 cm³/mol. The molecule has 8 bridgehead atoms. The molecule has 6 heteroatoms. The zero-order chi connectivity index (χ0) is 42.1. The second-order valence-electron chi connectivity index (χ2n) is 24.6. The molecule has 22 unspecified atom stereocenters. The number of Topliss-reactive ketones (excluding diaryl/α,β-unsaturated/α-hetero) is 2. The Labute approximate surface area is 403 Å². The molecule has 22 atom stereocenters. The van der Waals surface area contributed by atoms with Gasteiger partial charge in [0.15, 0.2) is 0 Å². The van der Waals surface area contributed by atoms with Crippen molar-refractivity contribution in [1.82, 2.24) is 0 Å². The predicted octanol–water partition coefficient (Wildman–Crippen LogP) is 9.79. The Balaban J connectivity index is 0.000000176. The van der Waals surface area contributed by atoms with Crippen LogP contribution < -0.4 is 12.4 Å². The molecule has 62 heavy (non-hydrogen) atoms. The van der Waals surface area contributed by atoms with E-state index in [0.29, 0.717) is 11.6 Å². The van der Waals surface area contributed by atoms with E-state index in [-0.39, 0.29) is 72.0 Å². The van der Waals surface area contributed by atoms with E-state index in [1.165, 1.54) is 77.0 Å². The topological polar surface area (TPSA) is 74.6 Å². The molecule has 348 valence electrons. The van der Waals surface area contributed by atoms with Crippen LogP contribution >= 0.6 is 0 Å². The Morgan fingerprint density at radius 3 is 1.50 bits per heavy atom. The van der Waals surface area contributed by atoms with Crippen molar-refractivity contribution in [3.05, 3.63) is 38.5 Å². The smallest absolute Gasteiger partial charge is 1.00 e. The third-order valence-corrected chi connectivity index (χ3v) is 22.0. The van der Waals surface area contributed by atoms with Crippen LogP contribution in [-0.4, -0.2) is 56.0 Å². The largest absolute Gasteiger partial charge is 2.00 e. The van der Waals surface area contributed by atoms with E-state index in [1.807, 2.05) is 12.2 Å². The van der Waals surface area contributed by atoms with Crippen LogP contribution in [0.3, 0.4) is 0 Å². The number of fused-ring (bicyclic) bond motifs is 20. The fraction of sp³-hybridized carbons (Fsp3) is 0.857. The van der Waals surface area contributed by atoms with Gasteiger partial charge in [-0.1, -0.05) is 95.2 Å². The first-order valence-corrected chi connectivity index (χ1v) is 24.4. The van der Waals surface area contributed by atoms with Crippen LogP contribution in [0.5, 0.6) is 0 Å². The molecule has 12 rings (SSSR count). The van der Waals surface area contributed by atoms with Crippen molar-refractivity contribution in [2.24, 2.45) is 116 Å². The van der Waals surface area contributed by atoms with E-state index in [1.54, 1.807) is 0 Å². The molecule has 0 amide bonds. The molecule has 12 fully saturated rings. The van der Waals surface area contributed by atoms with Crippen LogP contribution in [-0.2, 0) is 9.59 Å². The summed E-state index contributed by atoms with van der Waals surface area (Å²) in [5.74, 6) is 14.3. The van der Waals surface area contributed by atoms with E-state index in [0.717, 1.165) is 120 Å². The van der Waals surface area contributed by atoms with Crippen molar-refractivity contribution in [2.75, 3.05) is 0 Å². The summed E-state index contributed by atoms with van der Waals surface area (Å²) in [5.41, 5.74) is -0.666. The Bertz CT molecular complexity index is 1660. The van der Waals surface area contributed by atoms with Crippen molar-refractivity contribution in [3.63, 3.8) is 0 Å². The monoisotopic (exact) mass is 887 g/mol. The summed E-state index contributed by atoms with van der Waals surface area (Å²) in [6.07, 6.45) is 23.3. The molecule has 12 aliphatic carbocycles. The first-order valence-electron chi connectivity index (χ1n) is 24.4. The number of hydrogen-bond acceptors (Lipinski definition) is 4. The third kappa shape index (κ3) is 7.63. The van der Waals surface area contributed by atoms with Crippen molar-refractivity contribution in [2.45, 2.75) is 184 Å². The second kappa shape index (κ2) is 18.6. The van der Waals surface area contributed by atoms with E-state index in [4.69, 9.17) is 0 Å². The molecule has 0 heterocycles. The Morgan fingerprint density at radius 2 is 0.952 bits per heavy atom. The molecule has 0 radical (unpaired) electrons. The van der Waals surface area contributed by atoms with Gasteiger partial charge < -0.3 is 29.2 Å². The van der Waals surface area contributed by atoms with Crippen LogP contribution in [0, 0.1) is 123 Å². The first kappa shape index (κ1) is 54.1. The number of hydrogen-bond donors (Lipinski definition) is 2. The van der Waals surface area contributed by atoms with Gasteiger partial charge in [0.25, 0.3) is 0 Å². The number of aliphatic hydroxyl groups is 2. The van der Waals surface area contributed by atoms with Crippen molar-refractivity contribution in [1.29, 1.82) is 0 Å². The van der Waals surface area contributed by atoms with Gasteiger partial charge in [0, 0.05) is 34.5 Å². The molecule has 4 nitrogen and oxygen atoms in total. The van der Waals surface area contributed by atoms with Crippen LogP contribution in [0.2, 0.25) is 0 Å². The van der Waals surface area contributed by atoms with Gasteiger partial charge in [-0.3, -0.25) is 16.2 Å². The Morgan fingerprint density at radius 1 is 0.548 bits per heavy atom. The van der Waals surface area contributed by atoms with Crippen molar-refractivity contribution < 1.29 is 32.2 Å². The molecule has 0 aliphatic heterocycles. The number of rotatable bonds is 2. The molecule has 0 aromatic rings. The molecule has 12 saturated carbocycles. The number of ketones is 2. The number of halogens is 1. The summed E-state index contributed by atoms with van der Waals surface area (Å²) in [6, 6.07) is 0. The minimum Gasteiger partial charge on any atom is -1.00 e. The summed E-state index contributed by atoms with van der Waals surface area (Å²) in [7, 11) is 0. The van der Waals surface area contributed by atoms with Gasteiger partial charge in [-0.15, -0.1) is 13.2 Å². The average Bonchev–Trinajstić information content (AvgIpc) is 4.03. The molecular weight excluding hydrogens is 796 g/mol. The molecule has 0 saturated heterocycles. The minimum absolute atomic E-state index is 0. The van der Waals surface area contributed by atoms with Crippen LogP contribution in [0.15, 0.2) is 31.9 Å². The molecular formula is C56H91ClMgO4. The fourth-order valence-electron chi connectivity index (χ4n) is 19.6. The van der Waals surface area contributed by atoms with E-state index in [2.05, 4.69) is 81.7 Å². The maximum atomic E-state index is 11.8. The minimum atomic E-state index is -0.572. The molecule has 0 spiro atoms. The van der Waals surface area contributed by atoms with Gasteiger partial charge in [0.1, 0.15) is 11.6 Å². The van der Waals surface area contributed by atoms with Crippen molar-refractivity contribution >= 4 is 34.6 Å². The van der Waals surface area contributed by atoms with Crippen LogP contribution in [0.1, 0.15) is 173 Å². The van der Waals surface area contributed by atoms with Crippen LogP contribution in [0.25, 0.3) is 0 Å². The average molecular weight is 888 g/mol. The van der Waals surface area contributed by atoms with Gasteiger partial charge >= 0.3 is 23.1 Å². The summed E-state index contributed by atoms with van der Waals surface area (Å²) < 4.78 is 0. The molecule has 0 aromatic carbocycles. The Kier molecular flexibility index (Phi) is 16.2. The summed E-state index contributed by atoms with van der Waals surface area (Å²) >= 11 is 0. The maximum Gasteiger partial charge on any atom is 2.00 e. The maximum absolute atomic E-state index is 11.8.